The fourth-order valence-electron chi connectivity index (χ4n) is 3.63. The maximum Gasteiger partial charge on any atom is -0.0133 e. The predicted octanol–water partition coefficient (Wildman–Crippen LogP) is 6.36. The summed E-state index contributed by atoms with van der Waals surface area (Å²) < 4.78 is 0. The Kier molecular flexibility index (Phi) is 5.07. The van der Waals surface area contributed by atoms with Gasteiger partial charge >= 0.3 is 0 Å². The van der Waals surface area contributed by atoms with Crippen LogP contribution in [0.5, 0.6) is 0 Å². The van der Waals surface area contributed by atoms with Crippen molar-refractivity contribution < 1.29 is 0 Å². The van der Waals surface area contributed by atoms with Crippen LogP contribution in [-0.2, 0) is 0 Å². The van der Waals surface area contributed by atoms with Gasteiger partial charge in [0.25, 0.3) is 0 Å². The molecule has 0 amide bonds. The van der Waals surface area contributed by atoms with Crippen LogP contribution in [-0.4, -0.2) is 0 Å². The van der Waals surface area contributed by atoms with E-state index in [0.29, 0.717) is 0 Å². The van der Waals surface area contributed by atoms with Gasteiger partial charge in [-0.05, 0) is 75.3 Å². The van der Waals surface area contributed by atoms with Gasteiger partial charge in [0.15, 0.2) is 0 Å². The fraction of sp³-hybridized carbons (Fsp3) is 0.600. The third-order valence-electron chi connectivity index (χ3n) is 4.94. The van der Waals surface area contributed by atoms with Gasteiger partial charge in [-0.2, -0.15) is 0 Å². The molecule has 2 rings (SSSR count). The molecule has 0 radical (unpaired) electrons. The van der Waals surface area contributed by atoms with Gasteiger partial charge in [0.2, 0.25) is 0 Å². The minimum Gasteiger partial charge on any atom is -0.0859 e. The highest BCUT2D eigenvalue weighted by atomic mass is 14.3. The van der Waals surface area contributed by atoms with Crippen molar-refractivity contribution >= 4 is 0 Å². The topological polar surface area (TPSA) is 0 Å². The summed E-state index contributed by atoms with van der Waals surface area (Å²) in [5.74, 6) is 2.30. The Morgan fingerprint density at radius 3 is 2.70 bits per heavy atom. The standard InChI is InChI=1S/C20H30/c1-14(2)7-6-8-16(4)19-12-10-17(5)18-11-9-15(3)13-20(18)19/h7,9,11,13,16-17,19H,6,8,10,12H2,1-5H3/t16-,17-,19?/m0/s1. The van der Waals surface area contributed by atoms with Crippen LogP contribution in [0.3, 0.4) is 0 Å². The second kappa shape index (κ2) is 6.61. The molecule has 20 heavy (non-hydrogen) atoms. The highest BCUT2D eigenvalue weighted by Crippen LogP contribution is 2.43. The van der Waals surface area contributed by atoms with Crippen molar-refractivity contribution in [2.45, 2.75) is 72.1 Å². The Morgan fingerprint density at radius 1 is 1.25 bits per heavy atom. The number of rotatable bonds is 4. The second-order valence-electron chi connectivity index (χ2n) is 7.05. The first-order chi connectivity index (χ1) is 9.49. The number of hydrogen-bond acceptors (Lipinski definition) is 0. The maximum absolute atomic E-state index is 2.45. The van der Waals surface area contributed by atoms with E-state index in [1.54, 1.807) is 11.1 Å². The van der Waals surface area contributed by atoms with Crippen molar-refractivity contribution in [3.8, 4) is 0 Å². The van der Waals surface area contributed by atoms with Crippen molar-refractivity contribution in [3.63, 3.8) is 0 Å². The van der Waals surface area contributed by atoms with Gasteiger partial charge in [0.05, 0.1) is 0 Å². The van der Waals surface area contributed by atoms with E-state index >= 15 is 0 Å². The molecule has 1 unspecified atom stereocenters. The smallest absolute Gasteiger partial charge is 0.0133 e. The van der Waals surface area contributed by atoms with Gasteiger partial charge < -0.3 is 0 Å². The average Bonchev–Trinajstić information content (AvgIpc) is 2.38. The quantitative estimate of drug-likeness (QED) is 0.558. The van der Waals surface area contributed by atoms with Crippen molar-refractivity contribution in [2.24, 2.45) is 5.92 Å². The van der Waals surface area contributed by atoms with Crippen LogP contribution in [0.25, 0.3) is 0 Å². The fourth-order valence-corrected chi connectivity index (χ4v) is 3.63. The highest BCUT2D eigenvalue weighted by molar-refractivity contribution is 5.38. The first-order valence-corrected chi connectivity index (χ1v) is 8.23. The van der Waals surface area contributed by atoms with E-state index < -0.39 is 0 Å². The zero-order chi connectivity index (χ0) is 14.7. The zero-order valence-corrected chi connectivity index (χ0v) is 13.9. The van der Waals surface area contributed by atoms with E-state index in [2.05, 4.69) is 58.9 Å². The Bertz CT molecular complexity index is 477. The van der Waals surface area contributed by atoms with Gasteiger partial charge in [-0.25, -0.2) is 0 Å². The average molecular weight is 270 g/mol. The molecule has 0 aromatic heterocycles. The summed E-state index contributed by atoms with van der Waals surface area (Å²) in [4.78, 5) is 0. The van der Waals surface area contributed by atoms with Gasteiger partial charge in [0, 0.05) is 0 Å². The molecule has 0 aliphatic heterocycles. The van der Waals surface area contributed by atoms with Crippen molar-refractivity contribution in [2.75, 3.05) is 0 Å². The van der Waals surface area contributed by atoms with E-state index in [1.807, 2.05) is 0 Å². The summed E-state index contributed by atoms with van der Waals surface area (Å²) >= 11 is 0. The lowest BCUT2D eigenvalue weighted by Gasteiger charge is -2.34. The van der Waals surface area contributed by atoms with Crippen LogP contribution in [0.15, 0.2) is 29.8 Å². The highest BCUT2D eigenvalue weighted by Gasteiger charge is 2.28. The SMILES string of the molecule is CC(C)=CCC[C@H](C)C1CC[C@H](C)c2ccc(C)cc21. The molecule has 1 aromatic carbocycles. The largest absolute Gasteiger partial charge is 0.0859 e. The molecule has 110 valence electrons. The molecule has 3 atom stereocenters. The Morgan fingerprint density at radius 2 is 2.00 bits per heavy atom. The Hall–Kier alpha value is -1.04. The van der Waals surface area contributed by atoms with Crippen LogP contribution >= 0.6 is 0 Å². The van der Waals surface area contributed by atoms with Crippen LogP contribution in [0.4, 0.5) is 0 Å². The second-order valence-corrected chi connectivity index (χ2v) is 7.05. The molecule has 0 spiro atoms. The van der Waals surface area contributed by atoms with Gasteiger partial charge in [0.1, 0.15) is 0 Å². The van der Waals surface area contributed by atoms with Gasteiger partial charge in [-0.15, -0.1) is 0 Å². The summed E-state index contributed by atoms with van der Waals surface area (Å²) in [5, 5.41) is 0. The summed E-state index contributed by atoms with van der Waals surface area (Å²) in [6.07, 6.45) is 7.66. The van der Waals surface area contributed by atoms with E-state index in [4.69, 9.17) is 0 Å². The first-order valence-electron chi connectivity index (χ1n) is 8.23. The van der Waals surface area contributed by atoms with Crippen LogP contribution in [0, 0.1) is 12.8 Å². The number of benzene rings is 1. The lowest BCUT2D eigenvalue weighted by molar-refractivity contribution is 0.370. The molecule has 0 nitrogen and oxygen atoms in total. The van der Waals surface area contributed by atoms with E-state index in [0.717, 1.165) is 17.8 Å². The van der Waals surface area contributed by atoms with Crippen LogP contribution < -0.4 is 0 Å². The summed E-state index contributed by atoms with van der Waals surface area (Å²) in [6.45, 7) is 11.5. The molecule has 0 bridgehead atoms. The van der Waals surface area contributed by atoms with E-state index in [9.17, 15) is 0 Å². The van der Waals surface area contributed by atoms with Crippen LogP contribution in [0.1, 0.15) is 81.9 Å². The lowest BCUT2D eigenvalue weighted by atomic mass is 9.71. The van der Waals surface area contributed by atoms with Gasteiger partial charge in [-0.3, -0.25) is 0 Å². The maximum atomic E-state index is 2.45. The zero-order valence-electron chi connectivity index (χ0n) is 13.9. The van der Waals surface area contributed by atoms with Crippen molar-refractivity contribution in [1.29, 1.82) is 0 Å². The van der Waals surface area contributed by atoms with Crippen molar-refractivity contribution in [1.82, 2.24) is 0 Å². The third kappa shape index (κ3) is 3.53. The molecular weight excluding hydrogens is 240 g/mol. The molecule has 1 aliphatic rings. The minimum absolute atomic E-state index is 0.742. The predicted molar refractivity (Wildman–Crippen MR) is 89.4 cm³/mol. The molecule has 1 aromatic rings. The molecule has 0 N–H and O–H groups in total. The van der Waals surface area contributed by atoms with E-state index in [-0.39, 0.29) is 0 Å². The molecular formula is C20H30. The number of allylic oxidation sites excluding steroid dienone is 2. The number of aryl methyl sites for hydroxylation is 1. The van der Waals surface area contributed by atoms with Crippen LogP contribution in [0.2, 0.25) is 0 Å². The molecule has 0 saturated heterocycles. The van der Waals surface area contributed by atoms with E-state index in [1.165, 1.54) is 36.8 Å². The molecule has 0 heterocycles. The minimum atomic E-state index is 0.742. The number of fused-ring (bicyclic) bond motifs is 1. The molecule has 0 fully saturated rings. The Balaban J connectivity index is 2.15. The first kappa shape index (κ1) is 15.4. The van der Waals surface area contributed by atoms with Gasteiger partial charge in [-0.1, -0.05) is 49.3 Å². The normalized spacial score (nSPS) is 23.1. The summed E-state index contributed by atoms with van der Waals surface area (Å²) in [5.41, 5.74) is 6.12. The summed E-state index contributed by atoms with van der Waals surface area (Å²) in [6, 6.07) is 7.11. The molecule has 1 aliphatic carbocycles. The molecule has 0 saturated carbocycles. The molecule has 0 heteroatoms. The number of hydrogen-bond donors (Lipinski definition) is 0. The third-order valence-corrected chi connectivity index (χ3v) is 4.94. The monoisotopic (exact) mass is 270 g/mol. The Labute approximate surface area is 125 Å². The summed E-state index contributed by atoms with van der Waals surface area (Å²) in [7, 11) is 0. The lowest BCUT2D eigenvalue weighted by Crippen LogP contribution is -2.18. The van der Waals surface area contributed by atoms with Crippen molar-refractivity contribution in [3.05, 3.63) is 46.5 Å².